The highest BCUT2D eigenvalue weighted by atomic mass is 16.6. The summed E-state index contributed by atoms with van der Waals surface area (Å²) in [6.45, 7) is 18.3. The molecule has 0 aliphatic rings. The van der Waals surface area contributed by atoms with E-state index in [1.165, 1.54) is 0 Å². The van der Waals surface area contributed by atoms with Crippen LogP contribution in [0.4, 0.5) is 0 Å². The Morgan fingerprint density at radius 1 is 0.862 bits per heavy atom. The quantitative estimate of drug-likeness (QED) is 0.597. The maximum Gasteiger partial charge on any atom is 0.636 e. The third-order valence-corrected chi connectivity index (χ3v) is 5.59. The van der Waals surface area contributed by atoms with Gasteiger partial charge in [0.2, 0.25) is 0 Å². The Bertz CT molecular complexity index is 930. The Morgan fingerprint density at radius 2 is 1.34 bits per heavy atom. The molecule has 0 saturated carbocycles. The van der Waals surface area contributed by atoms with Gasteiger partial charge in [0, 0.05) is 5.69 Å². The number of hydrogen-bond donors (Lipinski definition) is 2. The van der Waals surface area contributed by atoms with Crippen LogP contribution in [0.25, 0.3) is 0 Å². The number of H-pyrrole nitrogens is 2. The van der Waals surface area contributed by atoms with Crippen LogP contribution in [0.3, 0.4) is 0 Å². The van der Waals surface area contributed by atoms with E-state index in [4.69, 9.17) is 14.4 Å². The molecule has 8 nitrogen and oxygen atoms in total. The average Bonchev–Trinajstić information content (AvgIpc) is 3.26. The molecule has 3 aromatic heterocycles. The van der Waals surface area contributed by atoms with Crippen LogP contribution in [0.1, 0.15) is 61.4 Å². The van der Waals surface area contributed by atoms with E-state index in [1.807, 2.05) is 34.6 Å². The summed E-state index contributed by atoms with van der Waals surface area (Å²) >= 11 is 0. The van der Waals surface area contributed by atoms with Crippen molar-refractivity contribution in [3.05, 3.63) is 34.2 Å². The second-order valence-corrected chi connectivity index (χ2v) is 8.26. The van der Waals surface area contributed by atoms with E-state index in [0.29, 0.717) is 11.5 Å². The first-order valence-corrected chi connectivity index (χ1v) is 9.99. The van der Waals surface area contributed by atoms with Crippen molar-refractivity contribution in [2.75, 3.05) is 0 Å². The van der Waals surface area contributed by atoms with Crippen LogP contribution < -0.4 is 14.8 Å². The van der Waals surface area contributed by atoms with Crippen molar-refractivity contribution in [2.45, 2.75) is 74.3 Å². The maximum absolute atomic E-state index is 6.40. The van der Waals surface area contributed by atoms with Crippen LogP contribution in [0.5, 0.6) is 11.5 Å². The maximum atomic E-state index is 6.40. The molecule has 0 aliphatic heterocycles. The first kappa shape index (κ1) is 21.0. The average molecular weight is 398 g/mol. The molecule has 3 aromatic rings. The molecule has 0 fully saturated rings. The highest BCUT2D eigenvalue weighted by Gasteiger charge is 2.37. The first-order valence-electron chi connectivity index (χ1n) is 9.99. The van der Waals surface area contributed by atoms with E-state index in [0.717, 1.165) is 46.0 Å². The van der Waals surface area contributed by atoms with Crippen LogP contribution in [-0.2, 0) is 5.54 Å². The molecule has 0 bridgehead atoms. The molecule has 2 N–H and O–H groups in total. The van der Waals surface area contributed by atoms with Gasteiger partial charge in [0.25, 0.3) is 0 Å². The van der Waals surface area contributed by atoms with Gasteiger partial charge in [-0.3, -0.25) is 14.9 Å². The zero-order valence-corrected chi connectivity index (χ0v) is 18.9. The van der Waals surface area contributed by atoms with E-state index in [9.17, 15) is 0 Å². The fraction of sp³-hybridized carbons (Fsp3) is 0.550. The van der Waals surface area contributed by atoms with E-state index in [2.05, 4.69) is 52.8 Å². The van der Waals surface area contributed by atoms with Crippen molar-refractivity contribution in [1.82, 2.24) is 30.2 Å². The first-order chi connectivity index (χ1) is 13.6. The standard InChI is InChI=1S/C20H31BN6O2/c1-10-20(8,9)27-16(7)17(11(2)26-27)21(28-18-12(3)22-23-13(18)4)29-19-14(5)24-25-15(19)6/h10H2,1-9H3,(H,22,23)(H,24,25). The minimum Gasteiger partial charge on any atom is -0.519 e. The highest BCUT2D eigenvalue weighted by Crippen LogP contribution is 2.26. The van der Waals surface area contributed by atoms with Crippen LogP contribution in [0.15, 0.2) is 0 Å². The van der Waals surface area contributed by atoms with Crippen LogP contribution in [0, 0.1) is 41.5 Å². The third-order valence-electron chi connectivity index (χ3n) is 5.59. The molecule has 9 heteroatoms. The zero-order chi connectivity index (χ0) is 21.5. The predicted octanol–water partition coefficient (Wildman–Crippen LogP) is 3.18. The summed E-state index contributed by atoms with van der Waals surface area (Å²) in [5.74, 6) is 1.38. The van der Waals surface area contributed by atoms with Gasteiger partial charge in [-0.1, -0.05) is 6.92 Å². The van der Waals surface area contributed by atoms with Crippen LogP contribution >= 0.6 is 0 Å². The molecule has 0 saturated heterocycles. The Morgan fingerprint density at radius 3 is 1.72 bits per heavy atom. The molecule has 0 aliphatic carbocycles. The second-order valence-electron chi connectivity index (χ2n) is 8.26. The van der Waals surface area contributed by atoms with Gasteiger partial charge in [-0.2, -0.15) is 15.3 Å². The number of aromatic nitrogens is 6. The van der Waals surface area contributed by atoms with Crippen molar-refractivity contribution in [2.24, 2.45) is 0 Å². The lowest BCUT2D eigenvalue weighted by Crippen LogP contribution is -2.45. The second kappa shape index (κ2) is 7.61. The summed E-state index contributed by atoms with van der Waals surface area (Å²) < 4.78 is 14.9. The number of aryl methyl sites for hydroxylation is 5. The van der Waals surface area contributed by atoms with Crippen molar-refractivity contribution >= 4 is 12.6 Å². The molecule has 3 rings (SSSR count). The molecule has 0 atom stereocenters. The predicted molar refractivity (Wildman–Crippen MR) is 114 cm³/mol. The lowest BCUT2D eigenvalue weighted by atomic mass is 9.76. The van der Waals surface area contributed by atoms with E-state index < -0.39 is 7.12 Å². The minimum atomic E-state index is -0.679. The van der Waals surface area contributed by atoms with Crippen molar-refractivity contribution in [3.8, 4) is 11.5 Å². The van der Waals surface area contributed by atoms with Gasteiger partial charge >= 0.3 is 7.12 Å². The summed E-state index contributed by atoms with van der Waals surface area (Å²) in [6.07, 6.45) is 0.959. The highest BCUT2D eigenvalue weighted by molar-refractivity contribution is 6.63. The molecule has 0 unspecified atom stereocenters. The Hall–Kier alpha value is -2.71. The van der Waals surface area contributed by atoms with Crippen LogP contribution in [-0.4, -0.2) is 37.3 Å². The SMILES string of the molecule is CCC(C)(C)n1nc(C)c(B(Oc2c(C)n[nH]c2C)Oc2c(C)n[nH]c2C)c1C. The fourth-order valence-corrected chi connectivity index (χ4v) is 3.52. The summed E-state index contributed by atoms with van der Waals surface area (Å²) in [5, 5.41) is 19.3. The monoisotopic (exact) mass is 398 g/mol. The molecule has 0 spiro atoms. The van der Waals surface area contributed by atoms with Gasteiger partial charge in [-0.25, -0.2) is 0 Å². The largest absolute Gasteiger partial charge is 0.636 e. The molecule has 3 heterocycles. The Kier molecular flexibility index (Phi) is 5.51. The van der Waals surface area contributed by atoms with Crippen molar-refractivity contribution < 1.29 is 9.31 Å². The van der Waals surface area contributed by atoms with E-state index in [-0.39, 0.29) is 5.54 Å². The van der Waals surface area contributed by atoms with Gasteiger partial charge in [-0.05, 0) is 61.8 Å². The van der Waals surface area contributed by atoms with Gasteiger partial charge in [-0.15, -0.1) is 0 Å². The van der Waals surface area contributed by atoms with E-state index in [1.54, 1.807) is 0 Å². The Labute approximate surface area is 172 Å². The summed E-state index contributed by atoms with van der Waals surface area (Å²) in [5.41, 5.74) is 6.00. The summed E-state index contributed by atoms with van der Waals surface area (Å²) in [6, 6.07) is 0. The number of nitrogens with zero attached hydrogens (tertiary/aromatic N) is 4. The van der Waals surface area contributed by atoms with Gasteiger partial charge < -0.3 is 9.31 Å². The smallest absolute Gasteiger partial charge is 0.519 e. The topological polar surface area (TPSA) is 93.6 Å². The minimum absolute atomic E-state index is 0.111. The zero-order valence-electron chi connectivity index (χ0n) is 18.9. The molecular weight excluding hydrogens is 367 g/mol. The molecule has 0 radical (unpaired) electrons. The van der Waals surface area contributed by atoms with Gasteiger partial charge in [0.05, 0.1) is 39.5 Å². The molecule has 156 valence electrons. The molecular formula is C20H31BN6O2. The van der Waals surface area contributed by atoms with E-state index >= 15 is 0 Å². The summed E-state index contributed by atoms with van der Waals surface area (Å²) in [7, 11) is -0.679. The molecule has 0 aromatic carbocycles. The van der Waals surface area contributed by atoms with Gasteiger partial charge in [0.15, 0.2) is 0 Å². The number of nitrogens with one attached hydrogen (secondary N) is 2. The number of aromatic amines is 2. The lowest BCUT2D eigenvalue weighted by molar-refractivity contribution is 0.300. The Balaban J connectivity index is 2.11. The third kappa shape index (κ3) is 3.78. The fourth-order valence-electron chi connectivity index (χ4n) is 3.52. The molecule has 0 amide bonds. The summed E-state index contributed by atoms with van der Waals surface area (Å²) in [4.78, 5) is 0. The number of hydrogen-bond acceptors (Lipinski definition) is 5. The van der Waals surface area contributed by atoms with Gasteiger partial charge in [0.1, 0.15) is 11.5 Å². The van der Waals surface area contributed by atoms with Crippen LogP contribution in [0.2, 0.25) is 0 Å². The normalized spacial score (nSPS) is 11.8. The van der Waals surface area contributed by atoms with Crippen molar-refractivity contribution in [1.29, 1.82) is 0 Å². The lowest BCUT2D eigenvalue weighted by Gasteiger charge is -2.25. The number of rotatable bonds is 7. The molecule has 29 heavy (non-hydrogen) atoms. The van der Waals surface area contributed by atoms with Crippen molar-refractivity contribution in [3.63, 3.8) is 0 Å².